The number of hydrogen-bond donors (Lipinski definition) is 1. The number of rotatable bonds is 4. The minimum absolute atomic E-state index is 0.517. The van der Waals surface area contributed by atoms with E-state index in [1.165, 1.54) is 19.3 Å². The second-order valence-electron chi connectivity index (χ2n) is 4.87. The fraction of sp³-hybridized carbons (Fsp3) is 0.500. The normalized spacial score (nSPS) is 22.5. The third kappa shape index (κ3) is 3.87. The van der Waals surface area contributed by atoms with Crippen molar-refractivity contribution >= 4 is 0 Å². The van der Waals surface area contributed by atoms with Crippen LogP contribution in [-0.4, -0.2) is 19.8 Å². The van der Waals surface area contributed by atoms with Gasteiger partial charge < -0.3 is 10.5 Å². The van der Waals surface area contributed by atoms with Crippen LogP contribution in [0.2, 0.25) is 0 Å². The highest BCUT2D eigenvalue weighted by Gasteiger charge is 2.25. The summed E-state index contributed by atoms with van der Waals surface area (Å²) in [6.45, 7) is 2.12. The Morgan fingerprint density at radius 3 is 2.72 bits per heavy atom. The molecule has 1 aromatic carbocycles. The van der Waals surface area contributed by atoms with Crippen LogP contribution in [0.15, 0.2) is 30.3 Å². The van der Waals surface area contributed by atoms with Gasteiger partial charge in [0.15, 0.2) is 0 Å². The van der Waals surface area contributed by atoms with Gasteiger partial charge in [-0.05, 0) is 43.4 Å². The van der Waals surface area contributed by atoms with Gasteiger partial charge in [0.1, 0.15) is 6.61 Å². The molecule has 1 saturated carbocycles. The van der Waals surface area contributed by atoms with Gasteiger partial charge >= 0.3 is 0 Å². The average molecular weight is 243 g/mol. The quantitative estimate of drug-likeness (QED) is 0.651. The maximum absolute atomic E-state index is 5.75. The molecule has 1 aromatic rings. The van der Waals surface area contributed by atoms with Crippen LogP contribution in [0.3, 0.4) is 0 Å². The molecule has 1 aliphatic carbocycles. The first-order chi connectivity index (χ1) is 8.90. The Bertz CT molecular complexity index is 404. The Hall–Kier alpha value is -1.30. The minimum atomic E-state index is 0.517. The van der Waals surface area contributed by atoms with E-state index >= 15 is 0 Å². The van der Waals surface area contributed by atoms with Crippen molar-refractivity contribution in [1.29, 1.82) is 0 Å². The highest BCUT2D eigenvalue weighted by Crippen LogP contribution is 2.30. The first kappa shape index (κ1) is 13.1. The number of nitrogens with two attached hydrogens (primary N) is 1. The van der Waals surface area contributed by atoms with E-state index in [-0.39, 0.29) is 0 Å². The molecule has 0 heterocycles. The van der Waals surface area contributed by atoms with Crippen LogP contribution in [0.4, 0.5) is 0 Å². The molecule has 2 heteroatoms. The van der Waals surface area contributed by atoms with Crippen molar-refractivity contribution in [1.82, 2.24) is 0 Å². The zero-order chi connectivity index (χ0) is 12.6. The maximum Gasteiger partial charge on any atom is 0.108 e. The molecule has 2 atom stereocenters. The molecule has 0 aromatic heterocycles. The second-order valence-corrected chi connectivity index (χ2v) is 4.87. The van der Waals surface area contributed by atoms with Gasteiger partial charge in [-0.25, -0.2) is 0 Å². The van der Waals surface area contributed by atoms with Crippen LogP contribution in [0.1, 0.15) is 24.8 Å². The number of hydrogen-bond acceptors (Lipinski definition) is 2. The fourth-order valence-corrected chi connectivity index (χ4v) is 2.56. The van der Waals surface area contributed by atoms with E-state index in [4.69, 9.17) is 10.5 Å². The van der Waals surface area contributed by atoms with E-state index in [2.05, 4.69) is 11.8 Å². The van der Waals surface area contributed by atoms with Crippen LogP contribution in [-0.2, 0) is 4.74 Å². The van der Waals surface area contributed by atoms with Crippen molar-refractivity contribution in [2.45, 2.75) is 19.3 Å². The molecule has 2 unspecified atom stereocenters. The summed E-state index contributed by atoms with van der Waals surface area (Å²) < 4.78 is 5.64. The predicted molar refractivity (Wildman–Crippen MR) is 74.0 cm³/mol. The molecule has 1 fully saturated rings. The van der Waals surface area contributed by atoms with Crippen LogP contribution in [0.5, 0.6) is 0 Å². The lowest BCUT2D eigenvalue weighted by Gasteiger charge is -2.16. The van der Waals surface area contributed by atoms with E-state index in [0.717, 1.165) is 18.7 Å². The molecule has 2 rings (SSSR count). The lowest BCUT2D eigenvalue weighted by molar-refractivity contribution is 0.111. The highest BCUT2D eigenvalue weighted by molar-refractivity contribution is 5.33. The van der Waals surface area contributed by atoms with Gasteiger partial charge in [-0.1, -0.05) is 36.5 Å². The van der Waals surface area contributed by atoms with Crippen molar-refractivity contribution in [3.05, 3.63) is 35.9 Å². The summed E-state index contributed by atoms with van der Waals surface area (Å²) >= 11 is 0. The van der Waals surface area contributed by atoms with Gasteiger partial charge in [0, 0.05) is 5.56 Å². The third-order valence-corrected chi connectivity index (χ3v) is 3.63. The summed E-state index contributed by atoms with van der Waals surface area (Å²) in [4.78, 5) is 0. The molecular weight excluding hydrogens is 222 g/mol. The van der Waals surface area contributed by atoms with Gasteiger partial charge in [-0.3, -0.25) is 0 Å². The first-order valence-electron chi connectivity index (χ1n) is 6.72. The van der Waals surface area contributed by atoms with Crippen LogP contribution >= 0.6 is 0 Å². The molecule has 0 saturated heterocycles. The first-order valence-corrected chi connectivity index (χ1v) is 6.72. The topological polar surface area (TPSA) is 35.2 Å². The summed E-state index contributed by atoms with van der Waals surface area (Å²) in [5, 5.41) is 0. The molecule has 18 heavy (non-hydrogen) atoms. The zero-order valence-corrected chi connectivity index (χ0v) is 10.8. The Kier molecular flexibility index (Phi) is 5.26. The van der Waals surface area contributed by atoms with Gasteiger partial charge in [0.05, 0.1) is 6.61 Å². The SMILES string of the molecule is NCC1CCCC1COCC#Cc1ccccc1. The molecule has 2 nitrogen and oxygen atoms in total. The Labute approximate surface area is 110 Å². The van der Waals surface area contributed by atoms with Crippen LogP contribution < -0.4 is 5.73 Å². The van der Waals surface area contributed by atoms with Gasteiger partial charge in [-0.15, -0.1) is 0 Å². The summed E-state index contributed by atoms with van der Waals surface area (Å²) in [6, 6.07) is 10.0. The standard InChI is InChI=1S/C16H21NO/c17-12-15-9-4-10-16(15)13-18-11-5-8-14-6-2-1-3-7-14/h1-3,6-7,15-16H,4,9-13,17H2. The summed E-state index contributed by atoms with van der Waals surface area (Å²) in [5.74, 6) is 7.46. The molecule has 0 aliphatic heterocycles. The lowest BCUT2D eigenvalue weighted by atomic mass is 9.97. The number of benzene rings is 1. The second kappa shape index (κ2) is 7.20. The minimum Gasteiger partial charge on any atom is -0.368 e. The van der Waals surface area contributed by atoms with Gasteiger partial charge in [0.25, 0.3) is 0 Å². The summed E-state index contributed by atoms with van der Waals surface area (Å²) in [5.41, 5.74) is 6.79. The lowest BCUT2D eigenvalue weighted by Crippen LogP contribution is -2.22. The third-order valence-electron chi connectivity index (χ3n) is 3.63. The van der Waals surface area contributed by atoms with E-state index in [0.29, 0.717) is 18.4 Å². The number of ether oxygens (including phenoxy) is 1. The molecule has 2 N–H and O–H groups in total. The van der Waals surface area contributed by atoms with Crippen molar-refractivity contribution in [2.24, 2.45) is 17.6 Å². The summed E-state index contributed by atoms with van der Waals surface area (Å²) in [7, 11) is 0. The molecule has 0 bridgehead atoms. The largest absolute Gasteiger partial charge is 0.368 e. The molecule has 0 radical (unpaired) electrons. The van der Waals surface area contributed by atoms with Crippen molar-refractivity contribution in [3.63, 3.8) is 0 Å². The van der Waals surface area contributed by atoms with E-state index in [1.807, 2.05) is 30.3 Å². The smallest absolute Gasteiger partial charge is 0.108 e. The Morgan fingerprint density at radius 1 is 1.17 bits per heavy atom. The molecule has 96 valence electrons. The predicted octanol–water partition coefficient (Wildman–Crippen LogP) is 2.43. The van der Waals surface area contributed by atoms with Gasteiger partial charge in [0.2, 0.25) is 0 Å². The monoisotopic (exact) mass is 243 g/mol. The van der Waals surface area contributed by atoms with Gasteiger partial charge in [-0.2, -0.15) is 0 Å². The van der Waals surface area contributed by atoms with Crippen molar-refractivity contribution in [2.75, 3.05) is 19.8 Å². The fourth-order valence-electron chi connectivity index (χ4n) is 2.56. The molecule has 1 aliphatic rings. The Morgan fingerprint density at radius 2 is 1.94 bits per heavy atom. The molecule has 0 spiro atoms. The maximum atomic E-state index is 5.75. The van der Waals surface area contributed by atoms with Crippen molar-refractivity contribution in [3.8, 4) is 11.8 Å². The molecule has 0 amide bonds. The highest BCUT2D eigenvalue weighted by atomic mass is 16.5. The van der Waals surface area contributed by atoms with Crippen LogP contribution in [0.25, 0.3) is 0 Å². The zero-order valence-electron chi connectivity index (χ0n) is 10.8. The summed E-state index contributed by atoms with van der Waals surface area (Å²) in [6.07, 6.45) is 3.82. The van der Waals surface area contributed by atoms with Crippen LogP contribution in [0, 0.1) is 23.7 Å². The Balaban J connectivity index is 1.69. The molecular formula is C16H21NO. The average Bonchev–Trinajstić information content (AvgIpc) is 2.87. The van der Waals surface area contributed by atoms with E-state index in [1.54, 1.807) is 0 Å². The van der Waals surface area contributed by atoms with Crippen molar-refractivity contribution < 1.29 is 4.74 Å². The van der Waals surface area contributed by atoms with E-state index < -0.39 is 0 Å². The van der Waals surface area contributed by atoms with E-state index in [9.17, 15) is 0 Å².